The molecule has 1 fully saturated rings. The third kappa shape index (κ3) is 1.96. The predicted molar refractivity (Wildman–Crippen MR) is 71.3 cm³/mol. The number of fused-ring (bicyclic) bond motifs is 1. The monoisotopic (exact) mass is 247 g/mol. The summed E-state index contributed by atoms with van der Waals surface area (Å²) in [7, 11) is 0. The summed E-state index contributed by atoms with van der Waals surface area (Å²) in [4.78, 5) is 11.2. The van der Waals surface area contributed by atoms with Crippen LogP contribution in [0.25, 0.3) is 10.2 Å². The van der Waals surface area contributed by atoms with E-state index in [1.54, 1.807) is 17.7 Å². The maximum atomic E-state index is 6.20. The van der Waals surface area contributed by atoms with Gasteiger partial charge in [-0.3, -0.25) is 0 Å². The molecule has 0 spiro atoms. The second kappa shape index (κ2) is 4.03. The van der Waals surface area contributed by atoms with Crippen LogP contribution in [0, 0.1) is 19.8 Å². The van der Waals surface area contributed by atoms with Gasteiger partial charge in [-0.2, -0.15) is 0 Å². The summed E-state index contributed by atoms with van der Waals surface area (Å²) in [5.74, 6) is 0.722. The first kappa shape index (κ1) is 11.1. The smallest absolute Gasteiger partial charge is 0.127 e. The van der Waals surface area contributed by atoms with E-state index in [2.05, 4.69) is 23.8 Å². The number of hydrogen-bond donors (Lipinski definition) is 1. The highest BCUT2D eigenvalue weighted by molar-refractivity contribution is 7.18. The molecule has 2 N–H and O–H groups in total. The molecule has 1 unspecified atom stereocenters. The van der Waals surface area contributed by atoms with Crippen LogP contribution in [-0.4, -0.2) is 16.0 Å². The first-order chi connectivity index (χ1) is 8.16. The Bertz CT molecular complexity index is 557. The fourth-order valence-electron chi connectivity index (χ4n) is 2.32. The summed E-state index contributed by atoms with van der Waals surface area (Å²) in [6, 6.07) is 0.271. The van der Waals surface area contributed by atoms with Crippen molar-refractivity contribution in [1.29, 1.82) is 0 Å². The predicted octanol–water partition coefficient (Wildman–Crippen LogP) is 2.59. The van der Waals surface area contributed by atoms with Gasteiger partial charge in [0.05, 0.1) is 5.69 Å². The zero-order valence-corrected chi connectivity index (χ0v) is 11.0. The highest BCUT2D eigenvalue weighted by Crippen LogP contribution is 2.35. The number of hydrogen-bond acceptors (Lipinski definition) is 4. The third-order valence-corrected chi connectivity index (χ3v) is 4.82. The fraction of sp³-hybridized carbons (Fsp3) is 0.538. The van der Waals surface area contributed by atoms with E-state index in [9.17, 15) is 0 Å². The number of aryl methyl sites for hydroxylation is 2. The average molecular weight is 247 g/mol. The number of nitrogens with zero attached hydrogens (tertiary/aromatic N) is 2. The van der Waals surface area contributed by atoms with Crippen molar-refractivity contribution in [2.24, 2.45) is 11.7 Å². The molecule has 0 bridgehead atoms. The molecule has 4 heteroatoms. The van der Waals surface area contributed by atoms with Crippen molar-refractivity contribution in [2.75, 3.05) is 0 Å². The van der Waals surface area contributed by atoms with E-state index in [-0.39, 0.29) is 6.04 Å². The van der Waals surface area contributed by atoms with Crippen LogP contribution in [0.3, 0.4) is 0 Å². The Morgan fingerprint density at radius 1 is 1.41 bits per heavy atom. The van der Waals surface area contributed by atoms with Crippen LogP contribution < -0.4 is 5.73 Å². The Morgan fingerprint density at radius 3 is 2.88 bits per heavy atom. The molecule has 1 aliphatic rings. The van der Waals surface area contributed by atoms with E-state index < -0.39 is 0 Å². The number of aromatic nitrogens is 2. The Labute approximate surface area is 105 Å². The molecule has 2 heterocycles. The van der Waals surface area contributed by atoms with Crippen molar-refractivity contribution in [3.8, 4) is 0 Å². The summed E-state index contributed by atoms with van der Waals surface area (Å²) in [6.45, 7) is 4.30. The molecule has 2 aromatic rings. The van der Waals surface area contributed by atoms with Gasteiger partial charge in [0.25, 0.3) is 0 Å². The molecule has 0 aromatic carbocycles. The molecule has 1 saturated carbocycles. The van der Waals surface area contributed by atoms with Crippen molar-refractivity contribution in [2.45, 2.75) is 39.2 Å². The van der Waals surface area contributed by atoms with E-state index in [4.69, 9.17) is 5.73 Å². The molecule has 1 aliphatic carbocycles. The third-order valence-electron chi connectivity index (χ3n) is 3.70. The topological polar surface area (TPSA) is 51.8 Å². The number of thiophene rings is 1. The first-order valence-electron chi connectivity index (χ1n) is 6.12. The van der Waals surface area contributed by atoms with Gasteiger partial charge in [0.2, 0.25) is 0 Å². The quantitative estimate of drug-likeness (QED) is 0.907. The molecule has 2 aromatic heterocycles. The second-order valence-corrected chi connectivity index (χ2v) is 6.19. The van der Waals surface area contributed by atoms with E-state index in [1.807, 2.05) is 0 Å². The molecule has 1 atom stereocenters. The normalized spacial score (nSPS) is 17.6. The second-order valence-electron chi connectivity index (χ2n) is 4.99. The van der Waals surface area contributed by atoms with Crippen LogP contribution in [0.4, 0.5) is 0 Å². The van der Waals surface area contributed by atoms with Crippen molar-refractivity contribution in [1.82, 2.24) is 9.97 Å². The lowest BCUT2D eigenvalue weighted by atomic mass is 10.0. The van der Waals surface area contributed by atoms with Gasteiger partial charge < -0.3 is 5.73 Å². The van der Waals surface area contributed by atoms with Crippen LogP contribution >= 0.6 is 11.3 Å². The summed E-state index contributed by atoms with van der Waals surface area (Å²) < 4.78 is 0. The maximum Gasteiger partial charge on any atom is 0.127 e. The maximum absolute atomic E-state index is 6.20. The summed E-state index contributed by atoms with van der Waals surface area (Å²) >= 11 is 1.75. The van der Waals surface area contributed by atoms with Crippen molar-refractivity contribution < 1.29 is 0 Å². The van der Waals surface area contributed by atoms with Crippen LogP contribution in [0.1, 0.15) is 29.0 Å². The average Bonchev–Trinajstić information content (AvgIpc) is 3.08. The molecule has 0 amide bonds. The minimum Gasteiger partial charge on any atom is -0.327 e. The Kier molecular flexibility index (Phi) is 2.64. The number of rotatable bonds is 3. The Hall–Kier alpha value is -1.00. The van der Waals surface area contributed by atoms with Crippen molar-refractivity contribution in [3.05, 3.63) is 22.5 Å². The lowest BCUT2D eigenvalue weighted by Gasteiger charge is -2.10. The van der Waals surface area contributed by atoms with Crippen molar-refractivity contribution >= 4 is 21.6 Å². The zero-order chi connectivity index (χ0) is 12.0. The molecule has 0 aliphatic heterocycles. The van der Waals surface area contributed by atoms with Gasteiger partial charge in [-0.15, -0.1) is 11.3 Å². The van der Waals surface area contributed by atoms with Crippen molar-refractivity contribution in [3.63, 3.8) is 0 Å². The molecule has 90 valence electrons. The highest BCUT2D eigenvalue weighted by atomic mass is 32.1. The molecule has 17 heavy (non-hydrogen) atoms. The van der Waals surface area contributed by atoms with E-state index in [0.717, 1.165) is 22.9 Å². The van der Waals surface area contributed by atoms with E-state index >= 15 is 0 Å². The van der Waals surface area contributed by atoms with Gasteiger partial charge in [0.1, 0.15) is 11.2 Å². The summed E-state index contributed by atoms with van der Waals surface area (Å²) in [5, 5.41) is 1.24. The standard InChI is InChI=1S/C13H17N3S/c1-7-8(2)17-13-12(7)11(15-6-16-13)5-10(14)9-3-4-9/h6,9-10H,3-5,14H2,1-2H3. The number of nitrogens with two attached hydrogens (primary N) is 1. The summed E-state index contributed by atoms with van der Waals surface area (Å²) in [6.07, 6.45) is 5.14. The minimum absolute atomic E-state index is 0.271. The lowest BCUT2D eigenvalue weighted by Crippen LogP contribution is -2.25. The largest absolute Gasteiger partial charge is 0.327 e. The molecule has 0 radical (unpaired) electrons. The van der Waals surface area contributed by atoms with E-state index in [0.29, 0.717) is 0 Å². The van der Waals surface area contributed by atoms with Crippen LogP contribution in [0.5, 0.6) is 0 Å². The fourth-order valence-corrected chi connectivity index (χ4v) is 3.34. The van der Waals surface area contributed by atoms with Gasteiger partial charge >= 0.3 is 0 Å². The Balaban J connectivity index is 2.02. The van der Waals surface area contributed by atoms with Crippen LogP contribution in [0.15, 0.2) is 6.33 Å². The zero-order valence-electron chi connectivity index (χ0n) is 10.2. The van der Waals surface area contributed by atoms with Gasteiger partial charge in [0.15, 0.2) is 0 Å². The SMILES string of the molecule is Cc1sc2ncnc(CC(N)C3CC3)c2c1C. The molecular weight excluding hydrogens is 230 g/mol. The molecule has 3 rings (SSSR count). The Morgan fingerprint density at radius 2 is 2.18 bits per heavy atom. The first-order valence-corrected chi connectivity index (χ1v) is 6.93. The molecule has 0 saturated heterocycles. The summed E-state index contributed by atoms with van der Waals surface area (Å²) in [5.41, 5.74) is 8.66. The van der Waals surface area contributed by atoms with Gasteiger partial charge in [-0.25, -0.2) is 9.97 Å². The van der Waals surface area contributed by atoms with Gasteiger partial charge in [-0.05, 0) is 38.2 Å². The minimum atomic E-state index is 0.271. The molecular formula is C13H17N3S. The van der Waals surface area contributed by atoms with Gasteiger partial charge in [0, 0.05) is 22.7 Å². The lowest BCUT2D eigenvalue weighted by molar-refractivity contribution is 0.586. The van der Waals surface area contributed by atoms with Gasteiger partial charge in [-0.1, -0.05) is 0 Å². The van der Waals surface area contributed by atoms with E-state index in [1.165, 1.54) is 28.7 Å². The molecule has 3 nitrogen and oxygen atoms in total. The highest BCUT2D eigenvalue weighted by Gasteiger charge is 2.29. The van der Waals surface area contributed by atoms with Crippen LogP contribution in [0.2, 0.25) is 0 Å². The van der Waals surface area contributed by atoms with Crippen LogP contribution in [-0.2, 0) is 6.42 Å².